The van der Waals surface area contributed by atoms with Crippen molar-refractivity contribution in [3.8, 4) is 0 Å². The molecule has 0 bridgehead atoms. The minimum absolute atomic E-state index is 0.454. The number of imidazole rings is 1. The summed E-state index contributed by atoms with van der Waals surface area (Å²) in [5.41, 5.74) is -0.605. The average molecular weight is 223 g/mol. The second-order valence-corrected chi connectivity index (χ2v) is 5.00. The summed E-state index contributed by atoms with van der Waals surface area (Å²) in [5.74, 6) is 0.993. The summed E-state index contributed by atoms with van der Waals surface area (Å²) < 4.78 is 2.10. The van der Waals surface area contributed by atoms with Gasteiger partial charge < -0.3 is 14.6 Å². The molecule has 0 amide bonds. The molecule has 1 aromatic rings. The number of hydrogen-bond donors (Lipinski definition) is 1. The molecule has 0 aromatic carbocycles. The molecule has 90 valence electrons. The minimum atomic E-state index is -0.605. The van der Waals surface area contributed by atoms with E-state index in [1.54, 1.807) is 0 Å². The van der Waals surface area contributed by atoms with Gasteiger partial charge in [0.1, 0.15) is 5.82 Å². The molecule has 16 heavy (non-hydrogen) atoms. The monoisotopic (exact) mass is 223 g/mol. The lowest BCUT2D eigenvalue weighted by molar-refractivity contribution is 0.0492. The zero-order chi connectivity index (χ0) is 11.8. The van der Waals surface area contributed by atoms with Crippen LogP contribution in [-0.4, -0.2) is 44.8 Å². The van der Waals surface area contributed by atoms with Crippen LogP contribution in [0.2, 0.25) is 0 Å². The predicted octanol–water partition coefficient (Wildman–Crippen LogP) is 0.901. The Morgan fingerprint density at radius 1 is 1.62 bits per heavy atom. The smallest absolute Gasteiger partial charge is 0.111 e. The summed E-state index contributed by atoms with van der Waals surface area (Å²) in [6.07, 6.45) is 5.27. The Kier molecular flexibility index (Phi) is 3.04. The van der Waals surface area contributed by atoms with Gasteiger partial charge in [-0.15, -0.1) is 0 Å². The molecule has 4 nitrogen and oxygen atoms in total. The van der Waals surface area contributed by atoms with Crippen LogP contribution in [0.4, 0.5) is 0 Å². The number of hydrogen-bond acceptors (Lipinski definition) is 3. The van der Waals surface area contributed by atoms with Crippen molar-refractivity contribution in [1.82, 2.24) is 14.5 Å². The van der Waals surface area contributed by atoms with Crippen molar-refractivity contribution < 1.29 is 5.11 Å². The lowest BCUT2D eigenvalue weighted by atomic mass is 9.96. The average Bonchev–Trinajstić information content (AvgIpc) is 2.72. The molecular weight excluding hydrogens is 202 g/mol. The largest absolute Gasteiger partial charge is 0.388 e. The number of aryl methyl sites for hydroxylation is 1. The van der Waals surface area contributed by atoms with Gasteiger partial charge in [-0.1, -0.05) is 0 Å². The molecule has 1 aromatic heterocycles. The van der Waals surface area contributed by atoms with Crippen molar-refractivity contribution in [2.75, 3.05) is 13.6 Å². The van der Waals surface area contributed by atoms with E-state index in [9.17, 15) is 5.11 Å². The Balaban J connectivity index is 2.10. The number of likely N-dealkylation sites (tertiary alicyclic amines) is 1. The maximum absolute atomic E-state index is 10.5. The van der Waals surface area contributed by atoms with Crippen LogP contribution >= 0.6 is 0 Å². The number of β-amino-alcohol motifs (C(OH)–C–C–N with tert-alkyl or cyclic N) is 1. The van der Waals surface area contributed by atoms with Crippen molar-refractivity contribution >= 4 is 0 Å². The SMILES string of the molecule is CCn1ccnc1CC1(O)CC(C)N(C)C1. The predicted molar refractivity (Wildman–Crippen MR) is 63.3 cm³/mol. The van der Waals surface area contributed by atoms with Gasteiger partial charge in [0, 0.05) is 37.9 Å². The highest BCUT2D eigenvalue weighted by molar-refractivity contribution is 5.03. The Labute approximate surface area is 96.9 Å². The van der Waals surface area contributed by atoms with Crippen molar-refractivity contribution in [2.24, 2.45) is 0 Å². The van der Waals surface area contributed by atoms with Crippen LogP contribution in [0.5, 0.6) is 0 Å². The third-order valence-electron chi connectivity index (χ3n) is 3.60. The van der Waals surface area contributed by atoms with Gasteiger partial charge in [0.2, 0.25) is 0 Å². The van der Waals surface area contributed by atoms with E-state index in [1.807, 2.05) is 12.4 Å². The summed E-state index contributed by atoms with van der Waals surface area (Å²) in [4.78, 5) is 6.54. The summed E-state index contributed by atoms with van der Waals surface area (Å²) in [6.45, 7) is 5.91. The van der Waals surface area contributed by atoms with Crippen molar-refractivity contribution in [1.29, 1.82) is 0 Å². The molecular formula is C12H21N3O. The molecule has 2 unspecified atom stereocenters. The van der Waals surface area contributed by atoms with Gasteiger partial charge in [-0.2, -0.15) is 0 Å². The number of rotatable bonds is 3. The fourth-order valence-electron chi connectivity index (χ4n) is 2.61. The van der Waals surface area contributed by atoms with E-state index in [-0.39, 0.29) is 0 Å². The van der Waals surface area contributed by atoms with Crippen LogP contribution in [0.1, 0.15) is 26.1 Å². The van der Waals surface area contributed by atoms with Gasteiger partial charge >= 0.3 is 0 Å². The highest BCUT2D eigenvalue weighted by atomic mass is 16.3. The summed E-state index contributed by atoms with van der Waals surface area (Å²) >= 11 is 0. The van der Waals surface area contributed by atoms with Crippen molar-refractivity contribution in [3.05, 3.63) is 18.2 Å². The minimum Gasteiger partial charge on any atom is -0.388 e. The van der Waals surface area contributed by atoms with Crippen LogP contribution in [0.25, 0.3) is 0 Å². The molecule has 0 aliphatic carbocycles. The maximum atomic E-state index is 10.5. The first-order valence-corrected chi connectivity index (χ1v) is 5.97. The first-order valence-electron chi connectivity index (χ1n) is 5.97. The van der Waals surface area contributed by atoms with Gasteiger partial charge in [0.25, 0.3) is 0 Å². The molecule has 4 heteroatoms. The Morgan fingerprint density at radius 2 is 2.38 bits per heavy atom. The van der Waals surface area contributed by atoms with E-state index in [2.05, 4.69) is 35.3 Å². The Hall–Kier alpha value is -0.870. The number of aromatic nitrogens is 2. The number of nitrogens with zero attached hydrogens (tertiary/aromatic N) is 3. The normalized spacial score (nSPS) is 31.1. The van der Waals surface area contributed by atoms with E-state index >= 15 is 0 Å². The van der Waals surface area contributed by atoms with Gasteiger partial charge in [0.15, 0.2) is 0 Å². The lowest BCUT2D eigenvalue weighted by Crippen LogP contribution is -2.35. The standard InChI is InChI=1S/C12H21N3O/c1-4-15-6-5-13-11(15)8-12(16)7-10(2)14(3)9-12/h5-6,10,16H,4,7-9H2,1-3H3. The molecule has 1 aliphatic rings. The van der Waals surface area contributed by atoms with Crippen LogP contribution in [-0.2, 0) is 13.0 Å². The molecule has 2 atom stereocenters. The molecule has 0 saturated carbocycles. The molecule has 2 rings (SSSR count). The zero-order valence-corrected chi connectivity index (χ0v) is 10.3. The van der Waals surface area contributed by atoms with E-state index < -0.39 is 5.60 Å². The molecule has 0 radical (unpaired) electrons. The van der Waals surface area contributed by atoms with Crippen molar-refractivity contribution in [2.45, 2.75) is 44.9 Å². The highest BCUT2D eigenvalue weighted by Gasteiger charge is 2.39. The number of likely N-dealkylation sites (N-methyl/N-ethyl adjacent to an activating group) is 1. The molecule has 1 aliphatic heterocycles. The fourth-order valence-corrected chi connectivity index (χ4v) is 2.61. The van der Waals surface area contributed by atoms with Gasteiger partial charge in [-0.3, -0.25) is 0 Å². The van der Waals surface area contributed by atoms with E-state index in [4.69, 9.17) is 0 Å². The summed E-state index contributed by atoms with van der Waals surface area (Å²) in [6, 6.07) is 0.454. The zero-order valence-electron chi connectivity index (χ0n) is 10.3. The van der Waals surface area contributed by atoms with Gasteiger partial charge in [-0.05, 0) is 27.3 Å². The molecule has 2 heterocycles. The van der Waals surface area contributed by atoms with Crippen molar-refractivity contribution in [3.63, 3.8) is 0 Å². The van der Waals surface area contributed by atoms with E-state index in [1.165, 1.54) is 0 Å². The first-order chi connectivity index (χ1) is 7.54. The topological polar surface area (TPSA) is 41.3 Å². The first kappa shape index (κ1) is 11.6. The molecule has 1 N–H and O–H groups in total. The maximum Gasteiger partial charge on any atom is 0.111 e. The van der Waals surface area contributed by atoms with Gasteiger partial charge in [-0.25, -0.2) is 4.98 Å². The highest BCUT2D eigenvalue weighted by Crippen LogP contribution is 2.28. The Bertz CT molecular complexity index is 351. The third-order valence-corrected chi connectivity index (χ3v) is 3.60. The summed E-state index contributed by atoms with van der Waals surface area (Å²) in [5, 5.41) is 10.5. The second kappa shape index (κ2) is 4.18. The van der Waals surface area contributed by atoms with Gasteiger partial charge in [0.05, 0.1) is 5.60 Å². The van der Waals surface area contributed by atoms with E-state index in [0.29, 0.717) is 12.5 Å². The summed E-state index contributed by atoms with van der Waals surface area (Å²) in [7, 11) is 2.06. The lowest BCUT2D eigenvalue weighted by Gasteiger charge is -2.22. The third kappa shape index (κ3) is 2.13. The van der Waals surface area contributed by atoms with Crippen LogP contribution in [0, 0.1) is 0 Å². The van der Waals surface area contributed by atoms with Crippen LogP contribution < -0.4 is 0 Å². The van der Waals surface area contributed by atoms with E-state index in [0.717, 1.165) is 25.3 Å². The second-order valence-electron chi connectivity index (χ2n) is 5.00. The molecule has 1 saturated heterocycles. The Morgan fingerprint density at radius 3 is 2.94 bits per heavy atom. The number of aliphatic hydroxyl groups is 1. The molecule has 0 spiro atoms. The van der Waals surface area contributed by atoms with Crippen LogP contribution in [0.3, 0.4) is 0 Å². The van der Waals surface area contributed by atoms with Crippen LogP contribution in [0.15, 0.2) is 12.4 Å². The fraction of sp³-hybridized carbons (Fsp3) is 0.750. The quantitative estimate of drug-likeness (QED) is 0.828. The molecule has 1 fully saturated rings.